The van der Waals surface area contributed by atoms with Gasteiger partial charge < -0.3 is 10.6 Å². The summed E-state index contributed by atoms with van der Waals surface area (Å²) in [6, 6.07) is 2.23. The molecule has 3 rings (SSSR count). The third kappa shape index (κ3) is 1.81. The van der Waals surface area contributed by atoms with E-state index in [0.29, 0.717) is 10.8 Å². The standard InChI is InChI=1S/C12H13N3OS2/c1-7-8-3-5-17-10(8)2-4-15(7)11(16)9-6-18-12(13)14-9/h3,5-7H,2,4H2,1H3,(H2,13,14). The highest BCUT2D eigenvalue weighted by Crippen LogP contribution is 2.33. The minimum absolute atomic E-state index is 0.0210. The molecule has 1 aliphatic rings. The molecule has 2 aromatic heterocycles. The van der Waals surface area contributed by atoms with Gasteiger partial charge in [-0.25, -0.2) is 4.98 Å². The lowest BCUT2D eigenvalue weighted by Crippen LogP contribution is -2.38. The number of nitrogens with two attached hydrogens (primary N) is 1. The summed E-state index contributed by atoms with van der Waals surface area (Å²) in [5, 5.41) is 4.27. The molecule has 1 unspecified atom stereocenters. The van der Waals surface area contributed by atoms with Crippen molar-refractivity contribution in [1.82, 2.24) is 9.88 Å². The van der Waals surface area contributed by atoms with Crippen molar-refractivity contribution in [2.24, 2.45) is 0 Å². The van der Waals surface area contributed by atoms with Crippen LogP contribution in [0, 0.1) is 0 Å². The maximum Gasteiger partial charge on any atom is 0.273 e. The van der Waals surface area contributed by atoms with Gasteiger partial charge >= 0.3 is 0 Å². The largest absolute Gasteiger partial charge is 0.375 e. The van der Waals surface area contributed by atoms with Crippen LogP contribution in [0.4, 0.5) is 5.13 Å². The van der Waals surface area contributed by atoms with Crippen molar-refractivity contribution in [3.63, 3.8) is 0 Å². The van der Waals surface area contributed by atoms with E-state index in [9.17, 15) is 4.79 Å². The Morgan fingerprint density at radius 1 is 1.56 bits per heavy atom. The molecule has 0 bridgehead atoms. The van der Waals surface area contributed by atoms with E-state index in [2.05, 4.69) is 23.4 Å². The van der Waals surface area contributed by atoms with E-state index in [0.717, 1.165) is 13.0 Å². The molecule has 94 valence electrons. The van der Waals surface area contributed by atoms with E-state index >= 15 is 0 Å². The number of fused-ring (bicyclic) bond motifs is 1. The lowest BCUT2D eigenvalue weighted by atomic mass is 10.0. The zero-order valence-electron chi connectivity index (χ0n) is 9.92. The molecule has 0 aliphatic carbocycles. The molecule has 18 heavy (non-hydrogen) atoms. The fourth-order valence-corrected chi connectivity index (χ4v) is 3.82. The lowest BCUT2D eigenvalue weighted by molar-refractivity contribution is 0.0674. The van der Waals surface area contributed by atoms with Crippen LogP contribution in [0.2, 0.25) is 0 Å². The molecule has 2 N–H and O–H groups in total. The summed E-state index contributed by atoms with van der Waals surface area (Å²) in [4.78, 5) is 19.7. The summed E-state index contributed by atoms with van der Waals surface area (Å²) < 4.78 is 0. The number of hydrogen-bond acceptors (Lipinski definition) is 5. The Morgan fingerprint density at radius 3 is 3.11 bits per heavy atom. The Hall–Kier alpha value is -1.40. The maximum atomic E-state index is 12.4. The molecule has 3 heterocycles. The van der Waals surface area contributed by atoms with Crippen LogP contribution >= 0.6 is 22.7 Å². The average molecular weight is 279 g/mol. The molecule has 2 aromatic rings. The number of nitrogen functional groups attached to an aromatic ring is 1. The number of carbonyl (C=O) groups is 1. The molecule has 0 saturated carbocycles. The van der Waals surface area contributed by atoms with Gasteiger partial charge in [0, 0.05) is 16.8 Å². The second-order valence-electron chi connectivity index (χ2n) is 4.29. The van der Waals surface area contributed by atoms with Crippen LogP contribution in [0.3, 0.4) is 0 Å². The van der Waals surface area contributed by atoms with Gasteiger partial charge in [0.1, 0.15) is 5.69 Å². The topological polar surface area (TPSA) is 59.2 Å². The van der Waals surface area contributed by atoms with Crippen LogP contribution in [0.25, 0.3) is 0 Å². The van der Waals surface area contributed by atoms with Gasteiger partial charge in [-0.15, -0.1) is 22.7 Å². The first-order valence-corrected chi connectivity index (χ1v) is 7.51. The summed E-state index contributed by atoms with van der Waals surface area (Å²) in [6.45, 7) is 2.82. The van der Waals surface area contributed by atoms with Crippen LogP contribution in [0.5, 0.6) is 0 Å². The van der Waals surface area contributed by atoms with Crippen molar-refractivity contribution in [1.29, 1.82) is 0 Å². The van der Waals surface area contributed by atoms with Crippen molar-refractivity contribution in [3.8, 4) is 0 Å². The normalized spacial score (nSPS) is 18.7. The molecule has 6 heteroatoms. The van der Waals surface area contributed by atoms with Crippen molar-refractivity contribution >= 4 is 33.7 Å². The van der Waals surface area contributed by atoms with Crippen molar-refractivity contribution < 1.29 is 4.79 Å². The summed E-state index contributed by atoms with van der Waals surface area (Å²) >= 11 is 3.08. The molecule has 0 fully saturated rings. The number of anilines is 1. The van der Waals surface area contributed by atoms with Gasteiger partial charge in [0.15, 0.2) is 5.13 Å². The highest BCUT2D eigenvalue weighted by Gasteiger charge is 2.29. The highest BCUT2D eigenvalue weighted by atomic mass is 32.1. The molecule has 0 saturated heterocycles. The van der Waals surface area contributed by atoms with Crippen LogP contribution in [-0.4, -0.2) is 22.3 Å². The predicted molar refractivity (Wildman–Crippen MR) is 74.0 cm³/mol. The molecule has 1 aliphatic heterocycles. The Balaban J connectivity index is 1.88. The monoisotopic (exact) mass is 279 g/mol. The van der Waals surface area contributed by atoms with Crippen LogP contribution in [0.1, 0.15) is 33.9 Å². The van der Waals surface area contributed by atoms with Gasteiger partial charge in [-0.05, 0) is 30.4 Å². The van der Waals surface area contributed by atoms with Crippen molar-refractivity contribution in [2.45, 2.75) is 19.4 Å². The quantitative estimate of drug-likeness (QED) is 0.872. The van der Waals surface area contributed by atoms with Gasteiger partial charge in [0.25, 0.3) is 5.91 Å². The van der Waals surface area contributed by atoms with Crippen molar-refractivity contribution in [2.75, 3.05) is 12.3 Å². The van der Waals surface area contributed by atoms with Crippen LogP contribution in [0.15, 0.2) is 16.8 Å². The number of nitrogens with zero attached hydrogens (tertiary/aromatic N) is 2. The Bertz CT molecular complexity index is 590. The summed E-state index contributed by atoms with van der Waals surface area (Å²) in [5.74, 6) is -0.0210. The van der Waals surface area contributed by atoms with E-state index in [-0.39, 0.29) is 11.9 Å². The third-order valence-corrected chi connectivity index (χ3v) is 4.95. The molecule has 0 radical (unpaired) electrons. The number of carbonyl (C=O) groups excluding carboxylic acids is 1. The number of thiazole rings is 1. The smallest absolute Gasteiger partial charge is 0.273 e. The number of aromatic nitrogens is 1. The van der Waals surface area contributed by atoms with Crippen molar-refractivity contribution in [3.05, 3.63) is 33.0 Å². The first-order valence-electron chi connectivity index (χ1n) is 5.75. The van der Waals surface area contributed by atoms with E-state index in [1.54, 1.807) is 16.7 Å². The summed E-state index contributed by atoms with van der Waals surface area (Å²) in [7, 11) is 0. The first kappa shape index (κ1) is 11.7. The van der Waals surface area contributed by atoms with Gasteiger partial charge in [-0.3, -0.25) is 4.79 Å². The van der Waals surface area contributed by atoms with E-state index in [1.807, 2.05) is 4.90 Å². The van der Waals surface area contributed by atoms with Crippen LogP contribution in [-0.2, 0) is 6.42 Å². The number of amides is 1. The van der Waals surface area contributed by atoms with E-state index in [4.69, 9.17) is 5.73 Å². The number of rotatable bonds is 1. The Labute approximate surface area is 113 Å². The molecule has 0 aromatic carbocycles. The zero-order valence-corrected chi connectivity index (χ0v) is 11.6. The minimum Gasteiger partial charge on any atom is -0.375 e. The predicted octanol–water partition coefficient (Wildman–Crippen LogP) is 2.55. The first-order chi connectivity index (χ1) is 8.66. The molecular weight excluding hydrogens is 266 g/mol. The Morgan fingerprint density at radius 2 is 2.39 bits per heavy atom. The summed E-state index contributed by atoms with van der Waals surface area (Å²) in [5.41, 5.74) is 7.31. The number of hydrogen-bond donors (Lipinski definition) is 1. The average Bonchev–Trinajstić information content (AvgIpc) is 2.97. The molecule has 1 atom stereocenters. The van der Waals surface area contributed by atoms with E-state index in [1.165, 1.54) is 21.8 Å². The van der Waals surface area contributed by atoms with E-state index < -0.39 is 0 Å². The SMILES string of the molecule is CC1c2ccsc2CCN1C(=O)c1csc(N)n1. The van der Waals surface area contributed by atoms with Gasteiger partial charge in [0.2, 0.25) is 0 Å². The fourth-order valence-electron chi connectivity index (χ4n) is 2.32. The van der Waals surface area contributed by atoms with Gasteiger partial charge in [0.05, 0.1) is 6.04 Å². The molecule has 0 spiro atoms. The third-order valence-electron chi connectivity index (χ3n) is 3.28. The second kappa shape index (κ2) is 4.37. The summed E-state index contributed by atoms with van der Waals surface area (Å²) in [6.07, 6.45) is 0.933. The molecular formula is C12H13N3OS2. The molecule has 1 amide bonds. The molecule has 4 nitrogen and oxygen atoms in total. The maximum absolute atomic E-state index is 12.4. The highest BCUT2D eigenvalue weighted by molar-refractivity contribution is 7.13. The zero-order chi connectivity index (χ0) is 12.7. The van der Waals surface area contributed by atoms with Gasteiger partial charge in [-0.1, -0.05) is 0 Å². The van der Waals surface area contributed by atoms with Crippen LogP contribution < -0.4 is 5.73 Å². The minimum atomic E-state index is -0.0210. The second-order valence-corrected chi connectivity index (χ2v) is 6.18. The lowest BCUT2D eigenvalue weighted by Gasteiger charge is -2.33. The fraction of sp³-hybridized carbons (Fsp3) is 0.333. The number of thiophene rings is 1. The van der Waals surface area contributed by atoms with Gasteiger partial charge in [-0.2, -0.15) is 0 Å². The Kier molecular flexibility index (Phi) is 2.83.